The summed E-state index contributed by atoms with van der Waals surface area (Å²) in [6.45, 7) is 0.230. The molecule has 0 bridgehead atoms. The standard InChI is InChI=1S/C17H13ClN2O4/c18-15-9-8-13(11-16(15)20(22)23)7-4-10-19-17(21)24-12-14-5-2-1-3-6-14/h1-3,5-6,8-9,11H,10,12H2,(H,19,21). The lowest BCUT2D eigenvalue weighted by Gasteiger charge is -2.04. The highest BCUT2D eigenvalue weighted by Crippen LogP contribution is 2.24. The molecule has 2 aromatic rings. The third-order valence-electron chi connectivity index (χ3n) is 2.91. The molecule has 2 rings (SSSR count). The summed E-state index contributed by atoms with van der Waals surface area (Å²) in [5.74, 6) is 5.40. The molecule has 0 aliphatic rings. The normalized spacial score (nSPS) is 9.54. The third kappa shape index (κ3) is 5.30. The van der Waals surface area contributed by atoms with Crippen molar-refractivity contribution in [3.8, 4) is 11.8 Å². The van der Waals surface area contributed by atoms with Crippen LogP contribution in [0.1, 0.15) is 11.1 Å². The van der Waals surface area contributed by atoms with Crippen molar-refractivity contribution in [1.82, 2.24) is 5.32 Å². The van der Waals surface area contributed by atoms with E-state index in [4.69, 9.17) is 16.3 Å². The molecule has 7 heteroatoms. The van der Waals surface area contributed by atoms with E-state index in [1.54, 1.807) is 6.07 Å². The zero-order valence-corrected chi connectivity index (χ0v) is 13.2. The second-order valence-corrected chi connectivity index (χ2v) is 5.05. The van der Waals surface area contributed by atoms with Gasteiger partial charge in [0.15, 0.2) is 0 Å². The number of nitro groups is 1. The SMILES string of the molecule is O=C(NCC#Cc1ccc(Cl)c([N+](=O)[O-])c1)OCc1ccccc1. The Morgan fingerprint density at radius 2 is 2.00 bits per heavy atom. The van der Waals surface area contributed by atoms with Gasteiger partial charge in [0.1, 0.15) is 11.6 Å². The van der Waals surface area contributed by atoms with Gasteiger partial charge in [-0.2, -0.15) is 0 Å². The molecule has 0 spiro atoms. The van der Waals surface area contributed by atoms with Gasteiger partial charge in [0.25, 0.3) is 5.69 Å². The van der Waals surface area contributed by atoms with Crippen LogP contribution in [0.3, 0.4) is 0 Å². The van der Waals surface area contributed by atoms with Gasteiger partial charge in [0.2, 0.25) is 0 Å². The second-order valence-electron chi connectivity index (χ2n) is 4.64. The molecule has 0 saturated heterocycles. The highest BCUT2D eigenvalue weighted by Gasteiger charge is 2.11. The summed E-state index contributed by atoms with van der Waals surface area (Å²) in [5, 5.41) is 13.3. The molecular weight excluding hydrogens is 332 g/mol. The molecule has 2 aromatic carbocycles. The van der Waals surface area contributed by atoms with Crippen molar-refractivity contribution in [3.63, 3.8) is 0 Å². The largest absolute Gasteiger partial charge is 0.445 e. The number of alkyl carbamates (subject to hydrolysis) is 1. The highest BCUT2D eigenvalue weighted by molar-refractivity contribution is 6.32. The maximum Gasteiger partial charge on any atom is 0.408 e. The number of nitro benzene ring substituents is 1. The first-order chi connectivity index (χ1) is 11.6. The third-order valence-corrected chi connectivity index (χ3v) is 3.23. The van der Waals surface area contributed by atoms with Crippen LogP contribution in [0.15, 0.2) is 48.5 Å². The Morgan fingerprint density at radius 3 is 2.71 bits per heavy atom. The minimum atomic E-state index is -0.588. The van der Waals surface area contributed by atoms with Gasteiger partial charge in [-0.1, -0.05) is 53.8 Å². The molecule has 0 saturated carbocycles. The fourth-order valence-electron chi connectivity index (χ4n) is 1.77. The van der Waals surface area contributed by atoms with Crippen molar-refractivity contribution < 1.29 is 14.5 Å². The number of nitrogens with one attached hydrogen (secondary N) is 1. The monoisotopic (exact) mass is 344 g/mol. The number of benzene rings is 2. The maximum atomic E-state index is 11.5. The molecule has 0 aromatic heterocycles. The molecule has 0 aliphatic heterocycles. The fraction of sp³-hybridized carbons (Fsp3) is 0.118. The Morgan fingerprint density at radius 1 is 1.25 bits per heavy atom. The first-order valence-electron chi connectivity index (χ1n) is 6.93. The van der Waals surface area contributed by atoms with Crippen LogP contribution in [0.5, 0.6) is 0 Å². The summed E-state index contributed by atoms with van der Waals surface area (Å²) in [6, 6.07) is 13.5. The molecule has 24 heavy (non-hydrogen) atoms. The fourth-order valence-corrected chi connectivity index (χ4v) is 1.95. The van der Waals surface area contributed by atoms with Crippen molar-refractivity contribution in [3.05, 3.63) is 74.8 Å². The van der Waals surface area contributed by atoms with Gasteiger partial charge in [-0.25, -0.2) is 4.79 Å². The summed E-state index contributed by atoms with van der Waals surface area (Å²) in [7, 11) is 0. The molecule has 1 N–H and O–H groups in total. The lowest BCUT2D eigenvalue weighted by atomic mass is 10.2. The summed E-state index contributed by atoms with van der Waals surface area (Å²) in [4.78, 5) is 21.7. The van der Waals surface area contributed by atoms with Gasteiger partial charge < -0.3 is 10.1 Å². The Balaban J connectivity index is 1.82. The number of ether oxygens (including phenoxy) is 1. The number of rotatable bonds is 4. The Kier molecular flexibility index (Phi) is 6.17. The lowest BCUT2D eigenvalue weighted by Crippen LogP contribution is -2.24. The number of carbonyl (C=O) groups is 1. The molecule has 0 fully saturated rings. The summed E-state index contributed by atoms with van der Waals surface area (Å²) in [6.07, 6.45) is -0.588. The number of halogens is 1. The zero-order chi connectivity index (χ0) is 17.4. The molecule has 0 heterocycles. The molecule has 0 radical (unpaired) electrons. The Hall–Kier alpha value is -3.04. The minimum Gasteiger partial charge on any atom is -0.445 e. The van der Waals surface area contributed by atoms with E-state index in [1.807, 2.05) is 30.3 Å². The van der Waals surface area contributed by atoms with Gasteiger partial charge in [-0.15, -0.1) is 0 Å². The molecular formula is C17H13ClN2O4. The molecule has 1 amide bonds. The van der Waals surface area contributed by atoms with Crippen LogP contribution >= 0.6 is 11.6 Å². The lowest BCUT2D eigenvalue weighted by molar-refractivity contribution is -0.384. The van der Waals surface area contributed by atoms with Gasteiger partial charge in [-0.3, -0.25) is 10.1 Å². The predicted octanol–water partition coefficient (Wildman–Crippen LogP) is 3.53. The molecule has 0 unspecified atom stereocenters. The van der Waals surface area contributed by atoms with E-state index in [0.717, 1.165) is 5.56 Å². The van der Waals surface area contributed by atoms with Crippen molar-refractivity contribution in [2.24, 2.45) is 0 Å². The van der Waals surface area contributed by atoms with Gasteiger partial charge in [0.05, 0.1) is 11.5 Å². The number of carbonyl (C=O) groups excluding carboxylic acids is 1. The van der Waals surface area contributed by atoms with Crippen LogP contribution in [0.2, 0.25) is 5.02 Å². The summed E-state index contributed by atoms with van der Waals surface area (Å²) < 4.78 is 5.02. The van der Waals surface area contributed by atoms with Crippen LogP contribution in [-0.2, 0) is 11.3 Å². The zero-order valence-electron chi connectivity index (χ0n) is 12.5. The van der Waals surface area contributed by atoms with E-state index in [2.05, 4.69) is 17.2 Å². The van der Waals surface area contributed by atoms with Crippen molar-refractivity contribution in [1.29, 1.82) is 0 Å². The second kappa shape index (κ2) is 8.56. The number of hydrogen-bond acceptors (Lipinski definition) is 4. The Labute approximate surface area is 143 Å². The number of nitrogens with zero attached hydrogens (tertiary/aromatic N) is 1. The van der Waals surface area contributed by atoms with E-state index in [-0.39, 0.29) is 23.9 Å². The van der Waals surface area contributed by atoms with Gasteiger partial charge in [-0.05, 0) is 17.7 Å². The number of amides is 1. The van der Waals surface area contributed by atoms with E-state index in [0.29, 0.717) is 5.56 Å². The van der Waals surface area contributed by atoms with E-state index in [1.165, 1.54) is 12.1 Å². The average Bonchev–Trinajstić information content (AvgIpc) is 2.59. The maximum absolute atomic E-state index is 11.5. The van der Waals surface area contributed by atoms with E-state index in [9.17, 15) is 14.9 Å². The van der Waals surface area contributed by atoms with E-state index < -0.39 is 11.0 Å². The van der Waals surface area contributed by atoms with Gasteiger partial charge >= 0.3 is 6.09 Å². The topological polar surface area (TPSA) is 81.5 Å². The quantitative estimate of drug-likeness (QED) is 0.522. The van der Waals surface area contributed by atoms with Crippen molar-refractivity contribution >= 4 is 23.4 Å². The van der Waals surface area contributed by atoms with Crippen molar-refractivity contribution in [2.45, 2.75) is 6.61 Å². The Bertz CT molecular complexity index is 797. The van der Waals surface area contributed by atoms with E-state index >= 15 is 0 Å². The molecule has 6 nitrogen and oxygen atoms in total. The first-order valence-corrected chi connectivity index (χ1v) is 7.31. The predicted molar refractivity (Wildman–Crippen MR) is 89.6 cm³/mol. The molecule has 122 valence electrons. The van der Waals surface area contributed by atoms with Gasteiger partial charge in [0, 0.05) is 11.6 Å². The molecule has 0 atom stereocenters. The minimum absolute atomic E-state index is 0.0492. The smallest absolute Gasteiger partial charge is 0.408 e. The van der Waals surface area contributed by atoms with Crippen LogP contribution in [-0.4, -0.2) is 17.6 Å². The average molecular weight is 345 g/mol. The summed E-state index contributed by atoms with van der Waals surface area (Å²) in [5.41, 5.74) is 1.11. The highest BCUT2D eigenvalue weighted by atomic mass is 35.5. The summed E-state index contributed by atoms with van der Waals surface area (Å²) >= 11 is 5.72. The van der Waals surface area contributed by atoms with Crippen LogP contribution in [0.4, 0.5) is 10.5 Å². The van der Waals surface area contributed by atoms with Crippen LogP contribution in [0, 0.1) is 22.0 Å². The van der Waals surface area contributed by atoms with Crippen LogP contribution in [0.25, 0.3) is 0 Å². The number of hydrogen-bond donors (Lipinski definition) is 1. The van der Waals surface area contributed by atoms with Crippen molar-refractivity contribution in [2.75, 3.05) is 6.54 Å². The molecule has 0 aliphatic carbocycles. The first kappa shape index (κ1) is 17.3. The van der Waals surface area contributed by atoms with Crippen LogP contribution < -0.4 is 5.32 Å².